The predicted octanol–water partition coefficient (Wildman–Crippen LogP) is 3.21. The van der Waals surface area contributed by atoms with Crippen LogP contribution in [0.15, 0.2) is 65.4 Å². The number of hydrogen-bond acceptors (Lipinski definition) is 5. The second-order valence-electron chi connectivity index (χ2n) is 6.49. The molecule has 0 unspecified atom stereocenters. The first-order valence-corrected chi connectivity index (χ1v) is 8.86. The van der Waals surface area contributed by atoms with E-state index in [1.165, 1.54) is 12.5 Å². The van der Waals surface area contributed by atoms with Gasteiger partial charge in [0.05, 0.1) is 12.6 Å². The van der Waals surface area contributed by atoms with Gasteiger partial charge in [-0.05, 0) is 22.3 Å². The summed E-state index contributed by atoms with van der Waals surface area (Å²) in [5.74, 6) is -1.05. The van der Waals surface area contributed by atoms with Gasteiger partial charge in [0.1, 0.15) is 18.9 Å². The standard InChI is InChI=1S/C21H18N2O5/c24-20(25)18(11-19-22-9-10-27-19)23-21(26)28-12-17-15-7-3-1-5-13(15)14-6-2-4-8-16(14)17/h1-10,17-18H,11-12H2,(H,23,26)(H,24,25)/t18-/m0/s1. The smallest absolute Gasteiger partial charge is 0.407 e. The molecular formula is C21H18N2O5. The molecule has 7 nitrogen and oxygen atoms in total. The number of aromatic nitrogens is 1. The van der Waals surface area contributed by atoms with Gasteiger partial charge in [-0.2, -0.15) is 0 Å². The molecular weight excluding hydrogens is 360 g/mol. The molecule has 0 saturated carbocycles. The Hall–Kier alpha value is -3.61. The van der Waals surface area contributed by atoms with Gasteiger partial charge in [0.2, 0.25) is 0 Å². The zero-order valence-electron chi connectivity index (χ0n) is 14.9. The van der Waals surface area contributed by atoms with E-state index in [0.717, 1.165) is 22.3 Å². The molecule has 28 heavy (non-hydrogen) atoms. The van der Waals surface area contributed by atoms with E-state index in [0.29, 0.717) is 0 Å². The highest BCUT2D eigenvalue weighted by atomic mass is 16.5. The van der Waals surface area contributed by atoms with Crippen LogP contribution in [0.3, 0.4) is 0 Å². The number of rotatable bonds is 6. The summed E-state index contributed by atoms with van der Waals surface area (Å²) in [6.07, 6.45) is 1.91. The Morgan fingerprint density at radius 3 is 2.32 bits per heavy atom. The van der Waals surface area contributed by atoms with Crippen molar-refractivity contribution in [1.82, 2.24) is 10.3 Å². The SMILES string of the molecule is O=C(N[C@@H](Cc1ncco1)C(=O)O)OCC1c2ccccc2-c2ccccc21. The van der Waals surface area contributed by atoms with Crippen molar-refractivity contribution < 1.29 is 23.8 Å². The lowest BCUT2D eigenvalue weighted by atomic mass is 9.98. The van der Waals surface area contributed by atoms with Gasteiger partial charge < -0.3 is 19.6 Å². The maximum Gasteiger partial charge on any atom is 0.407 e. The zero-order valence-corrected chi connectivity index (χ0v) is 14.9. The summed E-state index contributed by atoms with van der Waals surface area (Å²) in [6.45, 7) is 0.116. The lowest BCUT2D eigenvalue weighted by Gasteiger charge is -2.16. The maximum absolute atomic E-state index is 12.2. The van der Waals surface area contributed by atoms with Crippen LogP contribution in [0.2, 0.25) is 0 Å². The Kier molecular flexibility index (Phi) is 4.80. The summed E-state index contributed by atoms with van der Waals surface area (Å²) in [6, 6.07) is 14.8. The van der Waals surface area contributed by atoms with E-state index in [9.17, 15) is 14.7 Å². The number of nitrogens with zero attached hydrogens (tertiary/aromatic N) is 1. The molecule has 7 heteroatoms. The summed E-state index contributed by atoms with van der Waals surface area (Å²) >= 11 is 0. The molecule has 3 aromatic rings. The average Bonchev–Trinajstić information content (AvgIpc) is 3.32. The molecule has 1 heterocycles. The molecule has 1 amide bonds. The molecule has 0 radical (unpaired) electrons. The van der Waals surface area contributed by atoms with Crippen LogP contribution in [0.1, 0.15) is 22.9 Å². The third-order valence-electron chi connectivity index (χ3n) is 4.80. The molecule has 2 N–H and O–H groups in total. The maximum atomic E-state index is 12.2. The normalized spacial score (nSPS) is 13.4. The molecule has 0 bridgehead atoms. The van der Waals surface area contributed by atoms with Crippen LogP contribution in [0.25, 0.3) is 11.1 Å². The number of fused-ring (bicyclic) bond motifs is 3. The van der Waals surface area contributed by atoms with Gasteiger partial charge >= 0.3 is 12.1 Å². The average molecular weight is 378 g/mol. The van der Waals surface area contributed by atoms with E-state index in [1.54, 1.807) is 0 Å². The fourth-order valence-electron chi connectivity index (χ4n) is 3.51. The molecule has 0 fully saturated rings. The first kappa shape index (κ1) is 17.8. The van der Waals surface area contributed by atoms with Crippen molar-refractivity contribution in [2.24, 2.45) is 0 Å². The molecule has 0 aliphatic heterocycles. The quantitative estimate of drug-likeness (QED) is 0.683. The lowest BCUT2D eigenvalue weighted by molar-refractivity contribution is -0.139. The van der Waals surface area contributed by atoms with Gasteiger partial charge in [0, 0.05) is 5.92 Å². The molecule has 1 atom stereocenters. The lowest BCUT2D eigenvalue weighted by Crippen LogP contribution is -2.43. The van der Waals surface area contributed by atoms with Gasteiger partial charge in [0.25, 0.3) is 0 Å². The first-order valence-electron chi connectivity index (χ1n) is 8.86. The number of ether oxygens (including phenoxy) is 1. The highest BCUT2D eigenvalue weighted by Gasteiger charge is 2.30. The van der Waals surface area contributed by atoms with E-state index >= 15 is 0 Å². The number of alkyl carbamates (subject to hydrolysis) is 1. The van der Waals surface area contributed by atoms with E-state index in [4.69, 9.17) is 9.15 Å². The van der Waals surface area contributed by atoms with Gasteiger partial charge in [-0.25, -0.2) is 14.6 Å². The Balaban J connectivity index is 1.44. The Bertz CT molecular complexity index is 954. The number of benzene rings is 2. The van der Waals surface area contributed by atoms with E-state index in [1.807, 2.05) is 48.5 Å². The van der Waals surface area contributed by atoms with E-state index in [2.05, 4.69) is 10.3 Å². The minimum absolute atomic E-state index is 0.0630. The van der Waals surface area contributed by atoms with Crippen LogP contribution >= 0.6 is 0 Å². The number of carboxylic acids is 1. The molecule has 1 aromatic heterocycles. The number of carboxylic acid groups (broad SMARTS) is 1. The molecule has 4 rings (SSSR count). The van der Waals surface area contributed by atoms with Crippen molar-refractivity contribution in [1.29, 1.82) is 0 Å². The molecule has 0 spiro atoms. The number of amides is 1. The van der Waals surface area contributed by atoms with Crippen molar-refractivity contribution in [3.05, 3.63) is 78.0 Å². The monoisotopic (exact) mass is 378 g/mol. The summed E-state index contributed by atoms with van der Waals surface area (Å²) in [7, 11) is 0. The number of nitrogens with one attached hydrogen (secondary N) is 1. The van der Waals surface area contributed by atoms with Crippen LogP contribution in [-0.2, 0) is 16.0 Å². The van der Waals surface area contributed by atoms with E-state index in [-0.39, 0.29) is 24.8 Å². The molecule has 1 aliphatic rings. The summed E-state index contributed by atoms with van der Waals surface area (Å²) < 4.78 is 10.4. The highest BCUT2D eigenvalue weighted by Crippen LogP contribution is 2.44. The molecule has 2 aromatic carbocycles. The third-order valence-corrected chi connectivity index (χ3v) is 4.80. The second kappa shape index (κ2) is 7.56. The van der Waals surface area contributed by atoms with Crippen molar-refractivity contribution in [2.75, 3.05) is 6.61 Å². The van der Waals surface area contributed by atoms with Crippen molar-refractivity contribution in [3.63, 3.8) is 0 Å². The first-order chi connectivity index (χ1) is 13.6. The van der Waals surface area contributed by atoms with Crippen LogP contribution in [-0.4, -0.2) is 34.8 Å². The number of carbonyl (C=O) groups excluding carboxylic acids is 1. The van der Waals surface area contributed by atoms with Crippen LogP contribution < -0.4 is 5.32 Å². The number of hydrogen-bond donors (Lipinski definition) is 2. The Morgan fingerprint density at radius 2 is 1.75 bits per heavy atom. The zero-order chi connectivity index (χ0) is 19.5. The van der Waals surface area contributed by atoms with Gasteiger partial charge in [-0.3, -0.25) is 0 Å². The van der Waals surface area contributed by atoms with Gasteiger partial charge in [0.15, 0.2) is 5.89 Å². The van der Waals surface area contributed by atoms with Crippen molar-refractivity contribution in [3.8, 4) is 11.1 Å². The van der Waals surface area contributed by atoms with Crippen molar-refractivity contribution in [2.45, 2.75) is 18.4 Å². The van der Waals surface area contributed by atoms with Gasteiger partial charge in [-0.1, -0.05) is 48.5 Å². The van der Waals surface area contributed by atoms with Crippen LogP contribution in [0.5, 0.6) is 0 Å². The number of aliphatic carboxylic acids is 1. The molecule has 1 aliphatic carbocycles. The third kappa shape index (κ3) is 3.46. The minimum atomic E-state index is -1.19. The fraction of sp³-hybridized carbons (Fsp3) is 0.190. The van der Waals surface area contributed by atoms with Gasteiger partial charge in [-0.15, -0.1) is 0 Å². The largest absolute Gasteiger partial charge is 0.480 e. The van der Waals surface area contributed by atoms with E-state index < -0.39 is 18.1 Å². The summed E-state index contributed by atoms with van der Waals surface area (Å²) in [5, 5.41) is 11.7. The summed E-state index contributed by atoms with van der Waals surface area (Å²) in [4.78, 5) is 27.5. The molecule has 142 valence electrons. The van der Waals surface area contributed by atoms with Crippen LogP contribution in [0, 0.1) is 0 Å². The summed E-state index contributed by atoms with van der Waals surface area (Å²) in [5.41, 5.74) is 4.43. The fourth-order valence-corrected chi connectivity index (χ4v) is 3.51. The minimum Gasteiger partial charge on any atom is -0.480 e. The molecule has 0 saturated heterocycles. The topological polar surface area (TPSA) is 102 Å². The highest BCUT2D eigenvalue weighted by molar-refractivity contribution is 5.81. The Labute approximate surface area is 161 Å². The van der Waals surface area contributed by atoms with Crippen molar-refractivity contribution >= 4 is 12.1 Å². The second-order valence-corrected chi connectivity index (χ2v) is 6.49. The van der Waals surface area contributed by atoms with Crippen LogP contribution in [0.4, 0.5) is 4.79 Å². The Morgan fingerprint density at radius 1 is 1.11 bits per heavy atom. The predicted molar refractivity (Wildman–Crippen MR) is 99.8 cm³/mol. The number of oxazole rings is 1. The number of carbonyl (C=O) groups is 2.